The first-order valence-corrected chi connectivity index (χ1v) is 5.44. The number of hydrogen-bond donors (Lipinski definition) is 2. The third-order valence-electron chi connectivity index (χ3n) is 2.90. The Bertz CT molecular complexity index is 229. The van der Waals surface area contributed by atoms with Crippen LogP contribution in [0.15, 0.2) is 0 Å². The van der Waals surface area contributed by atoms with E-state index in [0.29, 0.717) is 13.2 Å². The zero-order valence-electron chi connectivity index (χ0n) is 8.62. The Morgan fingerprint density at radius 1 is 1.27 bits per heavy atom. The first-order chi connectivity index (χ1) is 7.27. The Hall–Kier alpha value is -0.940. The van der Waals surface area contributed by atoms with E-state index in [0.717, 1.165) is 25.8 Å². The molecule has 2 rings (SSSR count). The van der Waals surface area contributed by atoms with E-state index in [1.807, 2.05) is 0 Å². The number of carbonyl (C=O) groups is 2. The van der Waals surface area contributed by atoms with E-state index in [9.17, 15) is 9.59 Å². The molecule has 2 aliphatic rings. The van der Waals surface area contributed by atoms with E-state index >= 15 is 0 Å². The zero-order valence-corrected chi connectivity index (χ0v) is 8.62. The molecule has 2 aliphatic heterocycles. The second-order valence-corrected chi connectivity index (χ2v) is 4.04. The number of ether oxygens (including phenoxy) is 1. The lowest BCUT2D eigenvalue weighted by Gasteiger charge is -2.12. The highest BCUT2D eigenvalue weighted by Gasteiger charge is 2.28. The summed E-state index contributed by atoms with van der Waals surface area (Å²) in [5.41, 5.74) is 0. The standard InChI is InChI=1S/C10H16N2O3/c13-9(7-3-4-11-6-7)12-10(14)8-2-1-5-15-8/h7-8,11H,1-6H2,(H,12,13,14). The van der Waals surface area contributed by atoms with Gasteiger partial charge in [0, 0.05) is 13.2 Å². The molecule has 0 bridgehead atoms. The van der Waals surface area contributed by atoms with E-state index in [4.69, 9.17) is 4.74 Å². The average molecular weight is 212 g/mol. The second kappa shape index (κ2) is 4.72. The molecule has 0 saturated carbocycles. The van der Waals surface area contributed by atoms with E-state index in [1.165, 1.54) is 0 Å². The molecular weight excluding hydrogens is 196 g/mol. The predicted octanol–water partition coefficient (Wildman–Crippen LogP) is -0.582. The zero-order chi connectivity index (χ0) is 10.7. The molecule has 2 saturated heterocycles. The van der Waals surface area contributed by atoms with Crippen LogP contribution in [0.2, 0.25) is 0 Å². The van der Waals surface area contributed by atoms with Crippen molar-refractivity contribution in [2.24, 2.45) is 5.92 Å². The fraction of sp³-hybridized carbons (Fsp3) is 0.800. The molecule has 0 aromatic carbocycles. The van der Waals surface area contributed by atoms with Crippen LogP contribution in [0.3, 0.4) is 0 Å². The summed E-state index contributed by atoms with van der Waals surface area (Å²) >= 11 is 0. The smallest absolute Gasteiger partial charge is 0.255 e. The Labute approximate surface area is 88.5 Å². The molecule has 5 heteroatoms. The fourth-order valence-electron chi connectivity index (χ4n) is 1.97. The van der Waals surface area contributed by atoms with Crippen LogP contribution in [-0.2, 0) is 14.3 Å². The minimum absolute atomic E-state index is 0.0599. The topological polar surface area (TPSA) is 67.4 Å². The van der Waals surface area contributed by atoms with Crippen LogP contribution < -0.4 is 10.6 Å². The van der Waals surface area contributed by atoms with Gasteiger partial charge in [-0.3, -0.25) is 14.9 Å². The van der Waals surface area contributed by atoms with Gasteiger partial charge < -0.3 is 10.1 Å². The summed E-state index contributed by atoms with van der Waals surface area (Å²) < 4.78 is 5.20. The van der Waals surface area contributed by atoms with Crippen molar-refractivity contribution >= 4 is 11.8 Å². The molecule has 0 aromatic heterocycles. The van der Waals surface area contributed by atoms with Crippen molar-refractivity contribution in [1.82, 2.24) is 10.6 Å². The van der Waals surface area contributed by atoms with Gasteiger partial charge in [0.1, 0.15) is 6.10 Å². The highest BCUT2D eigenvalue weighted by Crippen LogP contribution is 2.13. The summed E-state index contributed by atoms with van der Waals surface area (Å²) in [7, 11) is 0. The van der Waals surface area contributed by atoms with Crippen molar-refractivity contribution in [2.75, 3.05) is 19.7 Å². The maximum Gasteiger partial charge on any atom is 0.255 e. The number of imide groups is 1. The van der Waals surface area contributed by atoms with Gasteiger partial charge in [-0.25, -0.2) is 0 Å². The van der Waals surface area contributed by atoms with Crippen molar-refractivity contribution < 1.29 is 14.3 Å². The lowest BCUT2D eigenvalue weighted by Crippen LogP contribution is -2.42. The summed E-state index contributed by atoms with van der Waals surface area (Å²) in [4.78, 5) is 23.1. The first-order valence-electron chi connectivity index (χ1n) is 5.44. The lowest BCUT2D eigenvalue weighted by molar-refractivity contribution is -0.137. The molecule has 2 unspecified atom stereocenters. The molecule has 2 atom stereocenters. The van der Waals surface area contributed by atoms with Crippen molar-refractivity contribution in [2.45, 2.75) is 25.4 Å². The van der Waals surface area contributed by atoms with Crippen LogP contribution in [0.1, 0.15) is 19.3 Å². The summed E-state index contributed by atoms with van der Waals surface area (Å²) in [6.45, 7) is 2.15. The van der Waals surface area contributed by atoms with Crippen LogP contribution in [-0.4, -0.2) is 37.6 Å². The largest absolute Gasteiger partial charge is 0.368 e. The molecule has 2 heterocycles. The Morgan fingerprint density at radius 2 is 2.13 bits per heavy atom. The average Bonchev–Trinajstić information content (AvgIpc) is 2.91. The van der Waals surface area contributed by atoms with Gasteiger partial charge in [-0.05, 0) is 25.8 Å². The molecular formula is C10H16N2O3. The van der Waals surface area contributed by atoms with E-state index < -0.39 is 6.10 Å². The van der Waals surface area contributed by atoms with Crippen molar-refractivity contribution in [1.29, 1.82) is 0 Å². The summed E-state index contributed by atoms with van der Waals surface area (Å²) in [6, 6.07) is 0. The minimum atomic E-state index is -0.414. The van der Waals surface area contributed by atoms with Crippen molar-refractivity contribution in [3.05, 3.63) is 0 Å². The van der Waals surface area contributed by atoms with Gasteiger partial charge in [0.2, 0.25) is 5.91 Å². The number of amides is 2. The minimum Gasteiger partial charge on any atom is -0.368 e. The summed E-state index contributed by atoms with van der Waals surface area (Å²) in [5.74, 6) is -0.500. The SMILES string of the molecule is O=C(NC(=O)C1CCCO1)C1CCNC1. The van der Waals surface area contributed by atoms with Gasteiger partial charge in [0.15, 0.2) is 0 Å². The number of carbonyl (C=O) groups excluding carboxylic acids is 2. The Balaban J connectivity index is 1.79. The normalized spacial score (nSPS) is 30.4. The van der Waals surface area contributed by atoms with Crippen LogP contribution in [0.5, 0.6) is 0 Å². The maximum atomic E-state index is 11.6. The molecule has 15 heavy (non-hydrogen) atoms. The van der Waals surface area contributed by atoms with Crippen LogP contribution in [0.4, 0.5) is 0 Å². The van der Waals surface area contributed by atoms with Gasteiger partial charge in [-0.1, -0.05) is 0 Å². The van der Waals surface area contributed by atoms with E-state index in [2.05, 4.69) is 10.6 Å². The third-order valence-corrected chi connectivity index (χ3v) is 2.90. The predicted molar refractivity (Wildman–Crippen MR) is 53.1 cm³/mol. The van der Waals surface area contributed by atoms with Crippen LogP contribution in [0.25, 0.3) is 0 Å². The number of hydrogen-bond acceptors (Lipinski definition) is 4. The summed E-state index contributed by atoms with van der Waals surface area (Å²) in [6.07, 6.45) is 2.02. The Morgan fingerprint density at radius 3 is 2.73 bits per heavy atom. The van der Waals surface area contributed by atoms with E-state index in [1.54, 1.807) is 0 Å². The first kappa shape index (κ1) is 10.6. The lowest BCUT2D eigenvalue weighted by atomic mass is 10.1. The molecule has 2 amide bonds. The maximum absolute atomic E-state index is 11.6. The molecule has 0 spiro atoms. The molecule has 5 nitrogen and oxygen atoms in total. The number of nitrogens with one attached hydrogen (secondary N) is 2. The molecule has 0 aromatic rings. The highest BCUT2D eigenvalue weighted by molar-refractivity contribution is 5.98. The Kier molecular flexibility index (Phi) is 3.33. The monoisotopic (exact) mass is 212 g/mol. The van der Waals surface area contributed by atoms with Gasteiger partial charge in [0.25, 0.3) is 5.91 Å². The van der Waals surface area contributed by atoms with Gasteiger partial charge in [-0.15, -0.1) is 0 Å². The molecule has 0 radical (unpaired) electrons. The van der Waals surface area contributed by atoms with Gasteiger partial charge in [-0.2, -0.15) is 0 Å². The second-order valence-electron chi connectivity index (χ2n) is 4.04. The van der Waals surface area contributed by atoms with Crippen molar-refractivity contribution in [3.8, 4) is 0 Å². The van der Waals surface area contributed by atoms with Crippen molar-refractivity contribution in [3.63, 3.8) is 0 Å². The fourth-order valence-corrected chi connectivity index (χ4v) is 1.97. The van der Waals surface area contributed by atoms with Crippen LogP contribution >= 0.6 is 0 Å². The molecule has 84 valence electrons. The van der Waals surface area contributed by atoms with Crippen LogP contribution in [0, 0.1) is 5.92 Å². The van der Waals surface area contributed by atoms with E-state index in [-0.39, 0.29) is 17.7 Å². The number of rotatable bonds is 2. The molecule has 2 N–H and O–H groups in total. The quantitative estimate of drug-likeness (QED) is 0.601. The molecule has 0 aliphatic carbocycles. The molecule has 2 fully saturated rings. The summed E-state index contributed by atoms with van der Waals surface area (Å²) in [5, 5.41) is 5.51. The van der Waals surface area contributed by atoms with Gasteiger partial charge in [0.05, 0.1) is 5.92 Å². The highest BCUT2D eigenvalue weighted by atomic mass is 16.5. The van der Waals surface area contributed by atoms with Gasteiger partial charge >= 0.3 is 0 Å². The third kappa shape index (κ3) is 2.54.